The second-order valence-corrected chi connectivity index (χ2v) is 6.30. The SMILES string of the molecule is OC1(Cc2cc(Cl)ccc2Cl)CCC(C(F)(F)F)CC1. The molecule has 1 fully saturated rings. The van der Waals surface area contributed by atoms with Crippen molar-refractivity contribution >= 4 is 23.2 Å². The largest absolute Gasteiger partial charge is 0.391 e. The van der Waals surface area contributed by atoms with Crippen LogP contribution in [0.1, 0.15) is 31.2 Å². The van der Waals surface area contributed by atoms with Crippen LogP contribution in [0.25, 0.3) is 0 Å². The van der Waals surface area contributed by atoms with Gasteiger partial charge in [-0.3, -0.25) is 0 Å². The minimum atomic E-state index is -4.17. The molecule has 0 bridgehead atoms. The predicted octanol–water partition coefficient (Wildman–Crippen LogP) is 5.02. The van der Waals surface area contributed by atoms with Gasteiger partial charge in [-0.15, -0.1) is 0 Å². The smallest absolute Gasteiger partial charge is 0.390 e. The van der Waals surface area contributed by atoms with E-state index in [9.17, 15) is 18.3 Å². The van der Waals surface area contributed by atoms with Crippen LogP contribution in [0, 0.1) is 5.92 Å². The Morgan fingerprint density at radius 3 is 2.35 bits per heavy atom. The minimum absolute atomic E-state index is 0.0435. The topological polar surface area (TPSA) is 20.2 Å². The molecule has 0 atom stereocenters. The Bertz CT molecular complexity index is 480. The van der Waals surface area contributed by atoms with Crippen LogP contribution in [0.2, 0.25) is 10.0 Å². The molecule has 1 aliphatic rings. The lowest BCUT2D eigenvalue weighted by atomic mass is 9.75. The van der Waals surface area contributed by atoms with Crippen molar-refractivity contribution in [3.63, 3.8) is 0 Å². The molecule has 2 rings (SSSR count). The number of alkyl halides is 3. The predicted molar refractivity (Wildman–Crippen MR) is 73.1 cm³/mol. The van der Waals surface area contributed by atoms with Gasteiger partial charge in [0.2, 0.25) is 0 Å². The molecule has 0 saturated heterocycles. The number of rotatable bonds is 2. The number of benzene rings is 1. The average Bonchev–Trinajstić information content (AvgIpc) is 2.33. The molecule has 0 radical (unpaired) electrons. The monoisotopic (exact) mass is 326 g/mol. The summed E-state index contributed by atoms with van der Waals surface area (Å²) >= 11 is 11.9. The first-order valence-electron chi connectivity index (χ1n) is 6.43. The molecule has 20 heavy (non-hydrogen) atoms. The molecule has 0 spiro atoms. The summed E-state index contributed by atoms with van der Waals surface area (Å²) in [4.78, 5) is 0. The molecule has 1 saturated carbocycles. The zero-order valence-electron chi connectivity index (χ0n) is 10.7. The molecule has 1 aromatic carbocycles. The first-order chi connectivity index (χ1) is 9.20. The lowest BCUT2D eigenvalue weighted by molar-refractivity contribution is -0.192. The van der Waals surface area contributed by atoms with E-state index in [4.69, 9.17) is 23.2 Å². The Balaban J connectivity index is 2.05. The lowest BCUT2D eigenvalue weighted by Crippen LogP contribution is -2.39. The maximum absolute atomic E-state index is 12.6. The zero-order chi connectivity index (χ0) is 15.0. The summed E-state index contributed by atoms with van der Waals surface area (Å²) in [6, 6.07) is 4.92. The van der Waals surface area contributed by atoms with Crippen molar-refractivity contribution in [1.82, 2.24) is 0 Å². The normalized spacial score (nSPS) is 27.6. The van der Waals surface area contributed by atoms with E-state index in [1.807, 2.05) is 0 Å². The van der Waals surface area contributed by atoms with E-state index in [-0.39, 0.29) is 32.1 Å². The summed E-state index contributed by atoms with van der Waals surface area (Å²) in [6.07, 6.45) is -3.78. The summed E-state index contributed by atoms with van der Waals surface area (Å²) in [5, 5.41) is 11.4. The maximum Gasteiger partial charge on any atom is 0.391 e. The van der Waals surface area contributed by atoms with Gasteiger partial charge in [0, 0.05) is 16.5 Å². The third-order valence-corrected chi connectivity index (χ3v) is 4.51. The summed E-state index contributed by atoms with van der Waals surface area (Å²) < 4.78 is 37.9. The van der Waals surface area contributed by atoms with Crippen LogP contribution >= 0.6 is 23.2 Å². The Labute approximate surface area is 125 Å². The van der Waals surface area contributed by atoms with Gasteiger partial charge in [0.15, 0.2) is 0 Å². The van der Waals surface area contributed by atoms with Crippen LogP contribution in [0.3, 0.4) is 0 Å². The van der Waals surface area contributed by atoms with E-state index >= 15 is 0 Å². The van der Waals surface area contributed by atoms with Crippen molar-refractivity contribution in [3.05, 3.63) is 33.8 Å². The number of halogens is 5. The molecule has 6 heteroatoms. The zero-order valence-corrected chi connectivity index (χ0v) is 12.2. The Morgan fingerprint density at radius 1 is 1.20 bits per heavy atom. The first-order valence-corrected chi connectivity index (χ1v) is 7.18. The molecule has 1 N–H and O–H groups in total. The molecule has 1 aliphatic carbocycles. The molecule has 112 valence electrons. The third-order valence-electron chi connectivity index (χ3n) is 3.91. The molecule has 1 aromatic rings. The molecule has 0 unspecified atom stereocenters. The highest BCUT2D eigenvalue weighted by atomic mass is 35.5. The van der Waals surface area contributed by atoms with Crippen molar-refractivity contribution in [3.8, 4) is 0 Å². The van der Waals surface area contributed by atoms with Gasteiger partial charge < -0.3 is 5.11 Å². The summed E-state index contributed by atoms with van der Waals surface area (Å²) in [5.41, 5.74) is -0.456. The van der Waals surface area contributed by atoms with Gasteiger partial charge in [0.25, 0.3) is 0 Å². The van der Waals surface area contributed by atoms with Crippen LogP contribution in [-0.2, 0) is 6.42 Å². The van der Waals surface area contributed by atoms with Gasteiger partial charge in [0.1, 0.15) is 0 Å². The molecule has 0 aromatic heterocycles. The van der Waals surface area contributed by atoms with Gasteiger partial charge in [-0.1, -0.05) is 23.2 Å². The van der Waals surface area contributed by atoms with E-state index in [0.29, 0.717) is 15.6 Å². The van der Waals surface area contributed by atoms with Crippen molar-refractivity contribution < 1.29 is 18.3 Å². The van der Waals surface area contributed by atoms with Crippen molar-refractivity contribution in [1.29, 1.82) is 0 Å². The summed E-state index contributed by atoms with van der Waals surface area (Å²) in [6.45, 7) is 0. The number of aliphatic hydroxyl groups is 1. The second-order valence-electron chi connectivity index (χ2n) is 5.45. The molecule has 0 heterocycles. The number of hydrogen-bond acceptors (Lipinski definition) is 1. The van der Waals surface area contributed by atoms with E-state index < -0.39 is 17.7 Å². The van der Waals surface area contributed by atoms with Crippen LogP contribution in [0.15, 0.2) is 18.2 Å². The highest BCUT2D eigenvalue weighted by Crippen LogP contribution is 2.42. The Morgan fingerprint density at radius 2 is 1.80 bits per heavy atom. The van der Waals surface area contributed by atoms with Gasteiger partial charge in [0.05, 0.1) is 11.5 Å². The van der Waals surface area contributed by atoms with Crippen molar-refractivity contribution in [2.24, 2.45) is 5.92 Å². The van der Waals surface area contributed by atoms with Gasteiger partial charge in [-0.05, 0) is 49.4 Å². The van der Waals surface area contributed by atoms with Gasteiger partial charge >= 0.3 is 6.18 Å². The van der Waals surface area contributed by atoms with Crippen molar-refractivity contribution in [2.75, 3.05) is 0 Å². The van der Waals surface area contributed by atoms with Crippen LogP contribution < -0.4 is 0 Å². The lowest BCUT2D eigenvalue weighted by Gasteiger charge is -2.37. The Hall–Kier alpha value is -0.450. The standard InChI is InChI=1S/C14H15Cl2F3O/c15-11-1-2-12(16)9(7-11)8-13(20)5-3-10(4-6-13)14(17,18)19/h1-2,7,10,20H,3-6,8H2. The van der Waals surface area contributed by atoms with Crippen LogP contribution in [0.5, 0.6) is 0 Å². The van der Waals surface area contributed by atoms with Crippen molar-refractivity contribution in [2.45, 2.75) is 43.9 Å². The van der Waals surface area contributed by atoms with Crippen LogP contribution in [-0.4, -0.2) is 16.9 Å². The Kier molecular flexibility index (Phi) is 4.57. The summed E-state index contributed by atoms with van der Waals surface area (Å²) in [5.74, 6) is -1.31. The second kappa shape index (κ2) is 5.74. The minimum Gasteiger partial charge on any atom is -0.390 e. The fourth-order valence-electron chi connectivity index (χ4n) is 2.69. The maximum atomic E-state index is 12.6. The van der Waals surface area contributed by atoms with Gasteiger partial charge in [-0.25, -0.2) is 0 Å². The van der Waals surface area contributed by atoms with E-state index in [2.05, 4.69) is 0 Å². The van der Waals surface area contributed by atoms with E-state index in [1.54, 1.807) is 18.2 Å². The average molecular weight is 327 g/mol. The molecule has 0 aliphatic heterocycles. The summed E-state index contributed by atoms with van der Waals surface area (Å²) in [7, 11) is 0. The third kappa shape index (κ3) is 3.80. The molecule has 1 nitrogen and oxygen atoms in total. The molecule has 0 amide bonds. The van der Waals surface area contributed by atoms with Gasteiger partial charge in [-0.2, -0.15) is 13.2 Å². The number of hydrogen-bond donors (Lipinski definition) is 1. The first kappa shape index (κ1) is 15.9. The highest BCUT2D eigenvalue weighted by Gasteiger charge is 2.45. The van der Waals surface area contributed by atoms with E-state index in [0.717, 1.165) is 0 Å². The quantitative estimate of drug-likeness (QED) is 0.809. The fraction of sp³-hybridized carbons (Fsp3) is 0.571. The van der Waals surface area contributed by atoms with Crippen LogP contribution in [0.4, 0.5) is 13.2 Å². The molecular formula is C14H15Cl2F3O. The highest BCUT2D eigenvalue weighted by molar-refractivity contribution is 6.33. The molecular weight excluding hydrogens is 312 g/mol. The fourth-order valence-corrected chi connectivity index (χ4v) is 3.07. The van der Waals surface area contributed by atoms with E-state index in [1.165, 1.54) is 0 Å².